The zero-order chi connectivity index (χ0) is 17.8. The zero-order valence-corrected chi connectivity index (χ0v) is 14.7. The molecular formula is C20H19NO3S. The van der Waals surface area contributed by atoms with E-state index in [9.17, 15) is 15.2 Å². The Bertz CT molecular complexity index is 893. The number of non-ortho nitro benzene ring substituents is 1. The van der Waals surface area contributed by atoms with Gasteiger partial charge in [-0.05, 0) is 34.6 Å². The molecule has 0 saturated carbocycles. The molecule has 0 aliphatic rings. The summed E-state index contributed by atoms with van der Waals surface area (Å²) in [4.78, 5) is 10.5. The van der Waals surface area contributed by atoms with Crippen molar-refractivity contribution in [3.63, 3.8) is 0 Å². The van der Waals surface area contributed by atoms with Gasteiger partial charge >= 0.3 is 0 Å². The SMILES string of the molecule is CCCSC(c1ccc([N+](=O)[O-])cc1)c1c(O)ccc2ccccc12. The van der Waals surface area contributed by atoms with E-state index < -0.39 is 4.92 Å². The predicted octanol–water partition coefficient (Wildman–Crippen LogP) is 5.69. The summed E-state index contributed by atoms with van der Waals surface area (Å²) >= 11 is 1.74. The molecule has 1 unspecified atom stereocenters. The number of phenolic OH excluding ortho intramolecular Hbond substituents is 1. The maximum Gasteiger partial charge on any atom is 0.269 e. The fourth-order valence-electron chi connectivity index (χ4n) is 2.91. The number of benzene rings is 3. The molecule has 0 spiro atoms. The third-order valence-corrected chi connectivity index (χ3v) is 5.59. The summed E-state index contributed by atoms with van der Waals surface area (Å²) in [6.07, 6.45) is 1.01. The van der Waals surface area contributed by atoms with Gasteiger partial charge in [-0.15, -0.1) is 11.8 Å². The molecule has 1 atom stereocenters. The molecule has 3 aromatic carbocycles. The number of rotatable bonds is 6. The van der Waals surface area contributed by atoms with E-state index in [1.54, 1.807) is 30.0 Å². The summed E-state index contributed by atoms with van der Waals surface area (Å²) in [5.74, 6) is 1.19. The molecule has 0 bridgehead atoms. The van der Waals surface area contributed by atoms with Gasteiger partial charge in [0, 0.05) is 17.7 Å². The molecule has 1 N–H and O–H groups in total. The molecule has 25 heavy (non-hydrogen) atoms. The molecule has 0 heterocycles. The molecule has 0 aliphatic carbocycles. The smallest absolute Gasteiger partial charge is 0.269 e. The number of thioether (sulfide) groups is 1. The molecule has 5 heteroatoms. The summed E-state index contributed by atoms with van der Waals surface area (Å²) in [5, 5.41) is 23.5. The van der Waals surface area contributed by atoms with E-state index in [0.717, 1.165) is 34.1 Å². The van der Waals surface area contributed by atoms with Crippen molar-refractivity contribution in [1.82, 2.24) is 0 Å². The quantitative estimate of drug-likeness (QED) is 0.457. The number of nitro benzene ring substituents is 1. The highest BCUT2D eigenvalue weighted by Gasteiger charge is 2.21. The predicted molar refractivity (Wildman–Crippen MR) is 103 cm³/mol. The Morgan fingerprint density at radius 2 is 1.80 bits per heavy atom. The molecule has 0 aliphatic heterocycles. The maximum atomic E-state index is 10.9. The molecule has 0 fully saturated rings. The van der Waals surface area contributed by atoms with Gasteiger partial charge in [0.2, 0.25) is 0 Å². The Balaban J connectivity index is 2.13. The lowest BCUT2D eigenvalue weighted by molar-refractivity contribution is -0.384. The van der Waals surface area contributed by atoms with Gasteiger partial charge in [-0.1, -0.05) is 49.4 Å². The van der Waals surface area contributed by atoms with Crippen LogP contribution in [0.5, 0.6) is 5.75 Å². The Kier molecular flexibility index (Phi) is 5.24. The van der Waals surface area contributed by atoms with Crippen molar-refractivity contribution in [2.24, 2.45) is 0 Å². The van der Waals surface area contributed by atoms with Crippen LogP contribution < -0.4 is 0 Å². The third-order valence-electron chi connectivity index (χ3n) is 4.11. The van der Waals surface area contributed by atoms with Crippen molar-refractivity contribution in [3.8, 4) is 5.75 Å². The van der Waals surface area contributed by atoms with Gasteiger partial charge in [-0.3, -0.25) is 10.1 Å². The van der Waals surface area contributed by atoms with Crippen molar-refractivity contribution in [2.45, 2.75) is 18.6 Å². The Labute approximate surface area is 150 Å². The van der Waals surface area contributed by atoms with Gasteiger partial charge in [0.05, 0.1) is 10.2 Å². The van der Waals surface area contributed by atoms with E-state index in [4.69, 9.17) is 0 Å². The zero-order valence-electron chi connectivity index (χ0n) is 13.9. The van der Waals surface area contributed by atoms with Gasteiger partial charge in [0.15, 0.2) is 0 Å². The van der Waals surface area contributed by atoms with E-state index in [1.165, 1.54) is 12.1 Å². The number of hydrogen-bond acceptors (Lipinski definition) is 4. The van der Waals surface area contributed by atoms with Crippen molar-refractivity contribution >= 4 is 28.2 Å². The number of hydrogen-bond donors (Lipinski definition) is 1. The van der Waals surface area contributed by atoms with E-state index in [0.29, 0.717) is 0 Å². The number of fused-ring (bicyclic) bond motifs is 1. The number of nitro groups is 1. The lowest BCUT2D eigenvalue weighted by Gasteiger charge is -2.20. The molecule has 3 aromatic rings. The lowest BCUT2D eigenvalue weighted by atomic mass is 9.97. The average molecular weight is 353 g/mol. The van der Waals surface area contributed by atoms with Crippen LogP contribution in [0.15, 0.2) is 60.7 Å². The molecule has 0 amide bonds. The van der Waals surface area contributed by atoms with Crippen molar-refractivity contribution in [1.29, 1.82) is 0 Å². The van der Waals surface area contributed by atoms with Crippen LogP contribution in [0.4, 0.5) is 5.69 Å². The summed E-state index contributed by atoms with van der Waals surface area (Å²) in [6, 6.07) is 18.2. The van der Waals surface area contributed by atoms with Crippen LogP contribution in [0.25, 0.3) is 10.8 Å². The van der Waals surface area contributed by atoms with Gasteiger partial charge < -0.3 is 5.11 Å². The van der Waals surface area contributed by atoms with Crippen LogP contribution in [0, 0.1) is 10.1 Å². The summed E-state index contributed by atoms with van der Waals surface area (Å²) in [5.41, 5.74) is 1.89. The van der Waals surface area contributed by atoms with E-state index in [1.807, 2.05) is 30.3 Å². The largest absolute Gasteiger partial charge is 0.508 e. The summed E-state index contributed by atoms with van der Waals surface area (Å²) < 4.78 is 0. The highest BCUT2D eigenvalue weighted by Crippen LogP contribution is 2.44. The topological polar surface area (TPSA) is 63.4 Å². The Morgan fingerprint density at radius 1 is 1.08 bits per heavy atom. The molecule has 3 rings (SSSR count). The monoisotopic (exact) mass is 353 g/mol. The van der Waals surface area contributed by atoms with Crippen molar-refractivity contribution < 1.29 is 10.0 Å². The van der Waals surface area contributed by atoms with Crippen molar-refractivity contribution in [2.75, 3.05) is 5.75 Å². The van der Waals surface area contributed by atoms with Crippen LogP contribution in [0.1, 0.15) is 29.7 Å². The standard InChI is InChI=1S/C20H19NO3S/c1-2-13-25-20(15-7-10-16(11-8-15)21(23)24)19-17-6-4-3-5-14(17)9-12-18(19)22/h3-12,20,22H,2,13H2,1H3. The minimum atomic E-state index is -0.395. The third kappa shape index (κ3) is 3.61. The van der Waals surface area contributed by atoms with Gasteiger partial charge in [-0.25, -0.2) is 0 Å². The highest BCUT2D eigenvalue weighted by molar-refractivity contribution is 7.99. The average Bonchev–Trinajstić information content (AvgIpc) is 2.63. The summed E-state index contributed by atoms with van der Waals surface area (Å²) in [7, 11) is 0. The second kappa shape index (κ2) is 7.57. The van der Waals surface area contributed by atoms with Crippen LogP contribution >= 0.6 is 11.8 Å². The normalized spacial score (nSPS) is 12.2. The molecule has 0 aromatic heterocycles. The van der Waals surface area contributed by atoms with Gasteiger partial charge in [0.25, 0.3) is 5.69 Å². The molecule has 0 saturated heterocycles. The minimum Gasteiger partial charge on any atom is -0.508 e. The molecule has 128 valence electrons. The molecule has 4 nitrogen and oxygen atoms in total. The number of aromatic hydroxyl groups is 1. The molecule has 0 radical (unpaired) electrons. The summed E-state index contributed by atoms with van der Waals surface area (Å²) in [6.45, 7) is 2.11. The highest BCUT2D eigenvalue weighted by atomic mass is 32.2. The van der Waals surface area contributed by atoms with E-state index in [2.05, 4.69) is 6.92 Å². The van der Waals surface area contributed by atoms with E-state index in [-0.39, 0.29) is 16.7 Å². The number of nitrogens with zero attached hydrogens (tertiary/aromatic N) is 1. The van der Waals surface area contributed by atoms with Crippen molar-refractivity contribution in [3.05, 3.63) is 81.9 Å². The Hall–Kier alpha value is -2.53. The van der Waals surface area contributed by atoms with Crippen LogP contribution in [-0.4, -0.2) is 15.8 Å². The first-order chi connectivity index (χ1) is 12.1. The second-order valence-corrected chi connectivity index (χ2v) is 7.03. The maximum absolute atomic E-state index is 10.9. The van der Waals surface area contributed by atoms with Gasteiger partial charge in [0.1, 0.15) is 5.75 Å². The van der Waals surface area contributed by atoms with Crippen LogP contribution in [0.2, 0.25) is 0 Å². The van der Waals surface area contributed by atoms with Crippen LogP contribution in [-0.2, 0) is 0 Å². The Morgan fingerprint density at radius 3 is 2.48 bits per heavy atom. The number of phenols is 1. The minimum absolute atomic E-state index is 0.0742. The van der Waals surface area contributed by atoms with Gasteiger partial charge in [-0.2, -0.15) is 0 Å². The second-order valence-electron chi connectivity index (χ2n) is 5.82. The first kappa shape index (κ1) is 17.3. The first-order valence-corrected chi connectivity index (χ1v) is 9.23. The lowest BCUT2D eigenvalue weighted by Crippen LogP contribution is -2.00. The molecular weight excluding hydrogens is 334 g/mol. The fourth-order valence-corrected chi connectivity index (χ4v) is 4.15. The van der Waals surface area contributed by atoms with E-state index >= 15 is 0 Å². The fraction of sp³-hybridized carbons (Fsp3) is 0.200. The first-order valence-electron chi connectivity index (χ1n) is 8.18. The van der Waals surface area contributed by atoms with Crippen LogP contribution in [0.3, 0.4) is 0 Å².